The highest BCUT2D eigenvalue weighted by Gasteiger charge is 2.16. The summed E-state index contributed by atoms with van der Waals surface area (Å²) in [4.78, 5) is 25.8. The maximum Gasteiger partial charge on any atom is 0.274 e. The summed E-state index contributed by atoms with van der Waals surface area (Å²) in [6, 6.07) is 8.93. The highest BCUT2D eigenvalue weighted by molar-refractivity contribution is 5.94. The number of phenolic OH excluding ortho intramolecular Hbond substituents is 1. The number of rotatable bonds is 6. The minimum absolute atomic E-state index is 0.0278. The Bertz CT molecular complexity index is 797. The van der Waals surface area contributed by atoms with Crippen LogP contribution in [0.4, 0.5) is 11.4 Å². The number of benzene rings is 2. The highest BCUT2D eigenvalue weighted by Crippen LogP contribution is 2.34. The van der Waals surface area contributed by atoms with E-state index < -0.39 is 4.92 Å². The molecular formula is C17H16N2O5. The van der Waals surface area contributed by atoms with Gasteiger partial charge in [0.15, 0.2) is 17.3 Å². The lowest BCUT2D eigenvalue weighted by Gasteiger charge is -2.07. The van der Waals surface area contributed by atoms with E-state index in [9.17, 15) is 20.0 Å². The van der Waals surface area contributed by atoms with Gasteiger partial charge >= 0.3 is 0 Å². The minimum Gasteiger partial charge on any atom is -0.504 e. The Morgan fingerprint density at radius 2 is 2.00 bits per heavy atom. The average molecular weight is 328 g/mol. The van der Waals surface area contributed by atoms with Crippen molar-refractivity contribution >= 4 is 23.4 Å². The van der Waals surface area contributed by atoms with Crippen molar-refractivity contribution in [2.45, 2.75) is 13.8 Å². The molecule has 0 aliphatic rings. The monoisotopic (exact) mass is 328 g/mol. The summed E-state index contributed by atoms with van der Waals surface area (Å²) in [5, 5.41) is 21.1. The van der Waals surface area contributed by atoms with Gasteiger partial charge in [0.2, 0.25) is 0 Å². The molecular weight excluding hydrogens is 312 g/mol. The van der Waals surface area contributed by atoms with Crippen LogP contribution in [0.3, 0.4) is 0 Å². The van der Waals surface area contributed by atoms with Crippen LogP contribution in [0.15, 0.2) is 41.4 Å². The van der Waals surface area contributed by atoms with Gasteiger partial charge in [-0.05, 0) is 38.1 Å². The van der Waals surface area contributed by atoms with E-state index in [1.54, 1.807) is 31.2 Å². The molecule has 24 heavy (non-hydrogen) atoms. The standard InChI is InChI=1S/C17H16N2O5/c1-3-24-16-9-15(19(22)23)8-13(17(16)21)10-18-14-6-4-12(5-7-14)11(2)20/h4-10,21H,3H2,1-2H3. The molecule has 0 saturated heterocycles. The van der Waals surface area contributed by atoms with Crippen LogP contribution in [-0.2, 0) is 0 Å². The summed E-state index contributed by atoms with van der Waals surface area (Å²) >= 11 is 0. The summed E-state index contributed by atoms with van der Waals surface area (Å²) in [5.74, 6) is -0.241. The van der Waals surface area contributed by atoms with Gasteiger partial charge in [0.1, 0.15) is 0 Å². The zero-order valence-corrected chi connectivity index (χ0v) is 13.2. The highest BCUT2D eigenvalue weighted by atomic mass is 16.6. The number of nitro groups is 1. The van der Waals surface area contributed by atoms with Crippen molar-refractivity contribution in [3.05, 3.63) is 57.6 Å². The predicted octanol–water partition coefficient (Wildman–Crippen LogP) is 3.65. The van der Waals surface area contributed by atoms with Gasteiger partial charge in [0.05, 0.1) is 23.3 Å². The molecule has 0 aliphatic carbocycles. The number of hydrogen-bond acceptors (Lipinski definition) is 6. The first kappa shape index (κ1) is 17.1. The summed E-state index contributed by atoms with van der Waals surface area (Å²) in [7, 11) is 0. The number of ketones is 1. The van der Waals surface area contributed by atoms with Crippen molar-refractivity contribution < 1.29 is 19.6 Å². The maximum absolute atomic E-state index is 11.2. The number of carbonyl (C=O) groups is 1. The molecule has 0 atom stereocenters. The van der Waals surface area contributed by atoms with E-state index in [2.05, 4.69) is 4.99 Å². The molecule has 1 N–H and O–H groups in total. The number of nitro benzene ring substituents is 1. The molecule has 2 aromatic rings. The van der Waals surface area contributed by atoms with E-state index in [-0.39, 0.29) is 35.1 Å². The van der Waals surface area contributed by atoms with Crippen molar-refractivity contribution in [3.63, 3.8) is 0 Å². The van der Waals surface area contributed by atoms with Crippen LogP contribution < -0.4 is 4.74 Å². The Morgan fingerprint density at radius 1 is 1.33 bits per heavy atom. The van der Waals surface area contributed by atoms with Crippen molar-refractivity contribution in [1.29, 1.82) is 0 Å². The number of non-ortho nitro benzene ring substituents is 1. The summed E-state index contributed by atoms with van der Waals surface area (Å²) < 4.78 is 5.21. The Hall–Kier alpha value is -3.22. The van der Waals surface area contributed by atoms with Gasteiger partial charge in [-0.2, -0.15) is 0 Å². The first-order valence-electron chi connectivity index (χ1n) is 7.21. The van der Waals surface area contributed by atoms with Crippen molar-refractivity contribution in [2.75, 3.05) is 6.61 Å². The fourth-order valence-corrected chi connectivity index (χ4v) is 2.01. The van der Waals surface area contributed by atoms with Gasteiger partial charge in [-0.25, -0.2) is 0 Å². The van der Waals surface area contributed by atoms with Crippen LogP contribution in [0.1, 0.15) is 29.8 Å². The molecule has 0 amide bonds. The van der Waals surface area contributed by atoms with Gasteiger partial charge in [-0.3, -0.25) is 19.9 Å². The third-order valence-corrected chi connectivity index (χ3v) is 3.23. The maximum atomic E-state index is 11.2. The summed E-state index contributed by atoms with van der Waals surface area (Å²) in [5.41, 5.74) is 1.07. The quantitative estimate of drug-likeness (QED) is 0.377. The molecule has 0 fully saturated rings. The normalized spacial score (nSPS) is 10.8. The van der Waals surface area contributed by atoms with E-state index in [0.29, 0.717) is 11.3 Å². The van der Waals surface area contributed by atoms with Gasteiger partial charge in [0, 0.05) is 23.4 Å². The number of Topliss-reactive ketones (excluding diaryl/α,β-unsaturated/α-hetero) is 1. The smallest absolute Gasteiger partial charge is 0.274 e. The zero-order valence-electron chi connectivity index (χ0n) is 13.2. The molecule has 124 valence electrons. The molecule has 0 unspecified atom stereocenters. The molecule has 0 spiro atoms. The molecule has 0 aromatic heterocycles. The number of carbonyl (C=O) groups excluding carboxylic acids is 1. The molecule has 7 nitrogen and oxygen atoms in total. The second kappa shape index (κ2) is 7.36. The fourth-order valence-electron chi connectivity index (χ4n) is 2.01. The molecule has 0 heterocycles. The number of phenols is 1. The zero-order chi connectivity index (χ0) is 17.7. The van der Waals surface area contributed by atoms with E-state index >= 15 is 0 Å². The molecule has 0 saturated carbocycles. The van der Waals surface area contributed by atoms with E-state index in [4.69, 9.17) is 4.74 Å². The molecule has 0 radical (unpaired) electrons. The minimum atomic E-state index is -0.568. The summed E-state index contributed by atoms with van der Waals surface area (Å²) in [6.45, 7) is 3.44. The first-order valence-corrected chi connectivity index (χ1v) is 7.21. The van der Waals surface area contributed by atoms with Crippen molar-refractivity contribution in [3.8, 4) is 11.5 Å². The number of hydrogen-bond donors (Lipinski definition) is 1. The van der Waals surface area contributed by atoms with Crippen LogP contribution >= 0.6 is 0 Å². The van der Waals surface area contributed by atoms with Gasteiger partial charge < -0.3 is 9.84 Å². The lowest BCUT2D eigenvalue weighted by atomic mass is 10.1. The lowest BCUT2D eigenvalue weighted by molar-refractivity contribution is -0.385. The largest absolute Gasteiger partial charge is 0.504 e. The Labute approximate surface area is 138 Å². The Morgan fingerprint density at radius 3 is 2.54 bits per heavy atom. The third-order valence-electron chi connectivity index (χ3n) is 3.23. The SMILES string of the molecule is CCOc1cc([N+](=O)[O-])cc(C=Nc2ccc(C(C)=O)cc2)c1O. The second-order valence-corrected chi connectivity index (χ2v) is 4.93. The van der Waals surface area contributed by atoms with E-state index in [1.165, 1.54) is 19.2 Å². The van der Waals surface area contributed by atoms with Crippen LogP contribution in [0.2, 0.25) is 0 Å². The Balaban J connectivity index is 2.36. The van der Waals surface area contributed by atoms with Crippen molar-refractivity contribution in [2.24, 2.45) is 4.99 Å². The second-order valence-electron chi connectivity index (χ2n) is 4.93. The first-order chi connectivity index (χ1) is 11.4. The predicted molar refractivity (Wildman–Crippen MR) is 89.6 cm³/mol. The third kappa shape index (κ3) is 3.95. The van der Waals surface area contributed by atoms with E-state index in [0.717, 1.165) is 6.07 Å². The molecule has 0 bridgehead atoms. The lowest BCUT2D eigenvalue weighted by Crippen LogP contribution is -1.97. The number of aromatic hydroxyl groups is 1. The number of ether oxygens (including phenoxy) is 1. The van der Waals surface area contributed by atoms with Crippen LogP contribution in [0.5, 0.6) is 11.5 Å². The molecule has 2 aromatic carbocycles. The molecule has 2 rings (SSSR count). The average Bonchev–Trinajstić information content (AvgIpc) is 2.56. The van der Waals surface area contributed by atoms with E-state index in [1.807, 2.05) is 0 Å². The van der Waals surface area contributed by atoms with Gasteiger partial charge in [0.25, 0.3) is 5.69 Å². The molecule has 0 aliphatic heterocycles. The van der Waals surface area contributed by atoms with Gasteiger partial charge in [-0.15, -0.1) is 0 Å². The Kier molecular flexibility index (Phi) is 5.26. The number of nitrogens with zero attached hydrogens (tertiary/aromatic N) is 2. The summed E-state index contributed by atoms with van der Waals surface area (Å²) in [6.07, 6.45) is 1.31. The van der Waals surface area contributed by atoms with Crippen LogP contribution in [-0.4, -0.2) is 28.6 Å². The van der Waals surface area contributed by atoms with Gasteiger partial charge in [-0.1, -0.05) is 0 Å². The number of aliphatic imine (C=N–C) groups is 1. The van der Waals surface area contributed by atoms with Crippen LogP contribution in [0.25, 0.3) is 0 Å². The topological polar surface area (TPSA) is 102 Å². The van der Waals surface area contributed by atoms with Crippen LogP contribution in [0, 0.1) is 10.1 Å². The fraction of sp³-hybridized carbons (Fsp3) is 0.176. The molecule has 7 heteroatoms. The van der Waals surface area contributed by atoms with Crippen molar-refractivity contribution in [1.82, 2.24) is 0 Å².